The van der Waals surface area contributed by atoms with Crippen molar-refractivity contribution in [1.29, 1.82) is 0 Å². The van der Waals surface area contributed by atoms with Crippen LogP contribution in [0.15, 0.2) is 48.8 Å². The smallest absolute Gasteiger partial charge is 0.230 e. The van der Waals surface area contributed by atoms with Gasteiger partial charge in [0.15, 0.2) is 17.5 Å². The Kier molecular flexibility index (Phi) is 8.66. The van der Waals surface area contributed by atoms with Crippen LogP contribution in [0.3, 0.4) is 0 Å². The monoisotopic (exact) mass is 519 g/mol. The van der Waals surface area contributed by atoms with Crippen LogP contribution in [0, 0.1) is 24.1 Å². The number of terminal acetylenes is 1. The number of anilines is 3. The normalized spacial score (nSPS) is 10.7. The van der Waals surface area contributed by atoms with Crippen molar-refractivity contribution in [2.75, 3.05) is 30.3 Å². The van der Waals surface area contributed by atoms with Crippen LogP contribution >= 0.6 is 0 Å². The minimum atomic E-state index is -1.11. The molecule has 196 valence electrons. The second-order valence-corrected chi connectivity index (χ2v) is 8.45. The van der Waals surface area contributed by atoms with Gasteiger partial charge in [0.05, 0.1) is 24.2 Å². The van der Waals surface area contributed by atoms with Crippen molar-refractivity contribution in [2.24, 2.45) is 0 Å². The van der Waals surface area contributed by atoms with Crippen LogP contribution in [0.5, 0.6) is 5.75 Å². The predicted octanol–water partition coefficient (Wildman–Crippen LogP) is 4.63. The molecule has 3 N–H and O–H groups in total. The number of hydrogen-bond donors (Lipinski definition) is 3. The average molecular weight is 520 g/mol. The Morgan fingerprint density at radius 3 is 2.87 bits per heavy atom. The van der Waals surface area contributed by atoms with Crippen LogP contribution in [-0.4, -0.2) is 50.7 Å². The summed E-state index contributed by atoms with van der Waals surface area (Å²) in [7, 11) is 0. The maximum Gasteiger partial charge on any atom is 0.230 e. The third-order valence-electron chi connectivity index (χ3n) is 5.58. The van der Waals surface area contributed by atoms with E-state index in [1.807, 2.05) is 23.1 Å². The lowest BCUT2D eigenvalue weighted by Gasteiger charge is -2.16. The Hall–Kier alpha value is -4.72. The van der Waals surface area contributed by atoms with Crippen LogP contribution in [0.4, 0.5) is 26.1 Å². The first-order valence-corrected chi connectivity index (χ1v) is 12.1. The number of carbonyl (C=O) groups excluding carboxylic acids is 1. The highest BCUT2D eigenvalue weighted by Crippen LogP contribution is 2.26. The van der Waals surface area contributed by atoms with E-state index in [1.165, 1.54) is 18.5 Å². The van der Waals surface area contributed by atoms with Crippen molar-refractivity contribution in [3.63, 3.8) is 0 Å². The summed E-state index contributed by atoms with van der Waals surface area (Å²) in [4.78, 5) is 22.8. The summed E-state index contributed by atoms with van der Waals surface area (Å²) in [5.41, 5.74) is 0.927. The van der Waals surface area contributed by atoms with E-state index in [-0.39, 0.29) is 12.1 Å². The molecule has 0 aliphatic carbocycles. The Morgan fingerprint density at radius 2 is 2.05 bits per heavy atom. The van der Waals surface area contributed by atoms with Gasteiger partial charge >= 0.3 is 0 Å². The van der Waals surface area contributed by atoms with Gasteiger partial charge < -0.3 is 20.3 Å². The van der Waals surface area contributed by atoms with Gasteiger partial charge in [-0.05, 0) is 37.1 Å². The Morgan fingerprint density at radius 1 is 1.18 bits per heavy atom. The largest absolute Gasteiger partial charge is 0.493 e. The van der Waals surface area contributed by atoms with E-state index in [9.17, 15) is 13.6 Å². The van der Waals surface area contributed by atoms with Crippen molar-refractivity contribution >= 4 is 34.1 Å². The van der Waals surface area contributed by atoms with E-state index in [0.29, 0.717) is 35.2 Å². The minimum Gasteiger partial charge on any atom is -0.493 e. The number of carbonyl (C=O) groups is 1. The van der Waals surface area contributed by atoms with E-state index in [0.717, 1.165) is 37.4 Å². The zero-order valence-electron chi connectivity index (χ0n) is 20.8. The summed E-state index contributed by atoms with van der Waals surface area (Å²) in [6.45, 7) is 4.24. The van der Waals surface area contributed by atoms with Crippen LogP contribution < -0.4 is 15.4 Å². The quantitative estimate of drug-likeness (QED) is 0.142. The molecule has 0 fully saturated rings. The molecule has 0 unspecified atom stereocenters. The standard InChI is InChI=1S/C27H27F2N7O2/c1-3-11-36(4-2)12-6-13-38-19-9-10-20-23(16-19)30-17-31-27(20)33-24-14-18(34-35-24)15-25(37)32-22-8-5-7-21(28)26(22)29/h2,5,7-10,14,16-17H,3,6,11-13,15H2,1H3,(H,32,37)(H2,30,31,33,34,35). The molecule has 1 amide bonds. The topological polar surface area (TPSA) is 108 Å². The van der Waals surface area contributed by atoms with Crippen LogP contribution in [0.25, 0.3) is 10.9 Å². The number of aromatic nitrogens is 4. The summed E-state index contributed by atoms with van der Waals surface area (Å²) in [5, 5.41) is 13.1. The molecule has 2 heterocycles. The van der Waals surface area contributed by atoms with Gasteiger partial charge in [-0.1, -0.05) is 19.4 Å². The van der Waals surface area contributed by atoms with Gasteiger partial charge in [0, 0.05) is 42.3 Å². The van der Waals surface area contributed by atoms with E-state index >= 15 is 0 Å². The van der Waals surface area contributed by atoms with E-state index < -0.39 is 17.5 Å². The van der Waals surface area contributed by atoms with Gasteiger partial charge in [-0.2, -0.15) is 5.10 Å². The number of halogens is 2. The summed E-state index contributed by atoms with van der Waals surface area (Å²) < 4.78 is 33.0. The Bertz CT molecular complexity index is 1450. The molecule has 0 bridgehead atoms. The number of ether oxygens (including phenoxy) is 1. The lowest BCUT2D eigenvalue weighted by molar-refractivity contribution is -0.115. The molecular formula is C27H27F2N7O2. The third kappa shape index (κ3) is 6.73. The molecule has 11 heteroatoms. The number of hydrogen-bond acceptors (Lipinski definition) is 7. The first-order chi connectivity index (χ1) is 18.5. The molecule has 4 aromatic rings. The van der Waals surface area contributed by atoms with E-state index in [4.69, 9.17) is 11.2 Å². The molecule has 0 spiro atoms. The molecule has 0 aliphatic heterocycles. The molecule has 0 saturated carbocycles. The number of nitrogens with one attached hydrogen (secondary N) is 3. The second kappa shape index (κ2) is 12.5. The maximum absolute atomic E-state index is 13.8. The average Bonchev–Trinajstić information content (AvgIpc) is 3.35. The molecule has 38 heavy (non-hydrogen) atoms. The molecular weight excluding hydrogens is 492 g/mol. The predicted molar refractivity (Wildman–Crippen MR) is 141 cm³/mol. The molecule has 9 nitrogen and oxygen atoms in total. The molecule has 0 atom stereocenters. The van der Waals surface area contributed by atoms with Gasteiger partial charge in [-0.25, -0.2) is 18.7 Å². The molecule has 4 rings (SSSR count). The zero-order valence-corrected chi connectivity index (χ0v) is 20.8. The van der Waals surface area contributed by atoms with Crippen molar-refractivity contribution in [3.05, 3.63) is 66.1 Å². The van der Waals surface area contributed by atoms with E-state index in [1.54, 1.807) is 6.07 Å². The molecule has 0 saturated heterocycles. The first-order valence-electron chi connectivity index (χ1n) is 12.1. The number of rotatable bonds is 12. The van der Waals surface area contributed by atoms with Crippen LogP contribution in [0.2, 0.25) is 0 Å². The number of H-pyrrole nitrogens is 1. The van der Waals surface area contributed by atoms with Gasteiger partial charge in [0.2, 0.25) is 5.91 Å². The maximum atomic E-state index is 13.8. The Balaban J connectivity index is 1.35. The lowest BCUT2D eigenvalue weighted by atomic mass is 10.2. The summed E-state index contributed by atoms with van der Waals surface area (Å²) >= 11 is 0. The molecule has 2 aromatic carbocycles. The highest BCUT2D eigenvalue weighted by atomic mass is 19.2. The number of aromatic amines is 1. The minimum absolute atomic E-state index is 0.118. The van der Waals surface area contributed by atoms with Crippen molar-refractivity contribution < 1.29 is 18.3 Å². The fourth-order valence-corrected chi connectivity index (χ4v) is 3.79. The highest BCUT2D eigenvalue weighted by molar-refractivity contribution is 5.93. The van der Waals surface area contributed by atoms with E-state index in [2.05, 4.69) is 43.8 Å². The molecule has 0 radical (unpaired) electrons. The van der Waals surface area contributed by atoms with Crippen LogP contribution in [-0.2, 0) is 11.2 Å². The second-order valence-electron chi connectivity index (χ2n) is 8.45. The number of nitrogens with zero attached hydrogens (tertiary/aromatic N) is 4. The molecule has 0 aliphatic rings. The summed E-state index contributed by atoms with van der Waals surface area (Å²) in [6.07, 6.45) is 8.62. The molecule has 2 aromatic heterocycles. The Labute approximate surface area is 218 Å². The number of fused-ring (bicyclic) bond motifs is 1. The van der Waals surface area contributed by atoms with Crippen molar-refractivity contribution in [1.82, 2.24) is 25.1 Å². The van der Waals surface area contributed by atoms with Gasteiger partial charge in [0.1, 0.15) is 17.9 Å². The van der Waals surface area contributed by atoms with Crippen molar-refractivity contribution in [2.45, 2.75) is 26.2 Å². The van der Waals surface area contributed by atoms with Gasteiger partial charge in [-0.15, -0.1) is 0 Å². The highest BCUT2D eigenvalue weighted by Gasteiger charge is 2.13. The zero-order chi connectivity index (χ0) is 26.9. The number of benzene rings is 2. The first kappa shape index (κ1) is 26.3. The van der Waals surface area contributed by atoms with Crippen molar-refractivity contribution in [3.8, 4) is 18.2 Å². The SMILES string of the molecule is C#CN(CCC)CCCOc1ccc2c(Nc3cc(CC(=O)Nc4cccc(F)c4F)[nH]n3)ncnc2c1. The van der Waals surface area contributed by atoms with Crippen LogP contribution in [0.1, 0.15) is 25.5 Å². The van der Waals surface area contributed by atoms with Gasteiger partial charge in [0.25, 0.3) is 0 Å². The summed E-state index contributed by atoms with van der Waals surface area (Å²) in [6, 6.07) is 13.4. The third-order valence-corrected chi connectivity index (χ3v) is 5.58. The lowest BCUT2D eigenvalue weighted by Crippen LogP contribution is -2.21. The fraction of sp³-hybridized carbons (Fsp3) is 0.259. The summed E-state index contributed by atoms with van der Waals surface area (Å²) in [5.74, 6) is -1.04. The fourth-order valence-electron chi connectivity index (χ4n) is 3.79. The number of amides is 1. The van der Waals surface area contributed by atoms with Gasteiger partial charge in [-0.3, -0.25) is 9.89 Å².